The van der Waals surface area contributed by atoms with Crippen LogP contribution in [0.5, 0.6) is 0 Å². The molecule has 0 unspecified atom stereocenters. The minimum atomic E-state index is -0.621. The van der Waals surface area contributed by atoms with Crippen molar-refractivity contribution in [2.45, 2.75) is 33.3 Å². The third kappa shape index (κ3) is 2.65. The normalized spacial score (nSPS) is 11.6. The van der Waals surface area contributed by atoms with Gasteiger partial charge in [0, 0.05) is 13.1 Å². The van der Waals surface area contributed by atoms with Crippen molar-refractivity contribution >= 4 is 22.9 Å². The molecule has 5 heteroatoms. The van der Waals surface area contributed by atoms with Gasteiger partial charge < -0.3 is 4.74 Å². The number of carbonyl (C=O) groups excluding carboxylic acids is 2. The van der Waals surface area contributed by atoms with Crippen LogP contribution in [0, 0.1) is 0 Å². The number of nitrogens with zero attached hydrogens (tertiary/aromatic N) is 2. The van der Waals surface area contributed by atoms with Gasteiger partial charge in [-0.2, -0.15) is 0 Å². The fourth-order valence-corrected chi connectivity index (χ4v) is 1.80. The lowest BCUT2D eigenvalue weighted by molar-refractivity contribution is 0.0536. The molecular weight excluding hydrogens is 244 g/mol. The maximum Gasteiger partial charge on any atom is 0.419 e. The van der Waals surface area contributed by atoms with E-state index in [4.69, 9.17) is 4.74 Å². The number of ether oxygens (including phenoxy) is 1. The van der Waals surface area contributed by atoms with Crippen LogP contribution in [0.3, 0.4) is 0 Å². The summed E-state index contributed by atoms with van der Waals surface area (Å²) in [7, 11) is 0. The van der Waals surface area contributed by atoms with Gasteiger partial charge in [-0.25, -0.2) is 9.36 Å². The van der Waals surface area contributed by atoms with Gasteiger partial charge in [0.2, 0.25) is 0 Å². The van der Waals surface area contributed by atoms with Gasteiger partial charge in [0.1, 0.15) is 5.60 Å². The molecule has 5 nitrogen and oxygen atoms in total. The molecule has 2 aromatic heterocycles. The minimum absolute atomic E-state index is 0.205. The Morgan fingerprint density at radius 2 is 2.00 bits per heavy atom. The van der Waals surface area contributed by atoms with Crippen molar-refractivity contribution in [1.82, 2.24) is 9.55 Å². The standard InChI is InChI=1S/C14H16N2O3/c1-9(17)12-8-10-11(6-5-7-15-10)16(12)13(18)19-14(2,3)4/h5-8H,1-4H3. The molecule has 0 amide bonds. The largest absolute Gasteiger partial charge is 0.443 e. The van der Waals surface area contributed by atoms with Gasteiger partial charge in [-0.15, -0.1) is 0 Å². The summed E-state index contributed by atoms with van der Waals surface area (Å²) in [4.78, 5) is 28.0. The van der Waals surface area contributed by atoms with Crippen molar-refractivity contribution in [3.05, 3.63) is 30.1 Å². The summed E-state index contributed by atoms with van der Waals surface area (Å²) < 4.78 is 6.60. The Bertz CT molecular complexity index is 650. The first kappa shape index (κ1) is 13.3. The lowest BCUT2D eigenvalue weighted by Crippen LogP contribution is -2.28. The second kappa shape index (κ2) is 4.50. The quantitative estimate of drug-likeness (QED) is 0.739. The van der Waals surface area contributed by atoms with E-state index in [-0.39, 0.29) is 11.5 Å². The van der Waals surface area contributed by atoms with E-state index >= 15 is 0 Å². The molecule has 0 aromatic carbocycles. The van der Waals surface area contributed by atoms with Crippen molar-refractivity contribution in [3.8, 4) is 0 Å². The van der Waals surface area contributed by atoms with Crippen LogP contribution in [0.1, 0.15) is 38.2 Å². The average Bonchev–Trinajstić information content (AvgIpc) is 2.65. The molecule has 0 aliphatic carbocycles. The van der Waals surface area contributed by atoms with Crippen LogP contribution in [0.25, 0.3) is 11.0 Å². The zero-order valence-electron chi connectivity index (χ0n) is 11.4. The van der Waals surface area contributed by atoms with Gasteiger partial charge in [-0.3, -0.25) is 9.78 Å². The van der Waals surface area contributed by atoms with Crippen LogP contribution >= 0.6 is 0 Å². The summed E-state index contributed by atoms with van der Waals surface area (Å²) in [6.45, 7) is 6.75. The Labute approximate surface area is 111 Å². The number of aromatic nitrogens is 2. The van der Waals surface area contributed by atoms with Crippen molar-refractivity contribution in [1.29, 1.82) is 0 Å². The molecule has 2 heterocycles. The third-order valence-electron chi connectivity index (χ3n) is 2.51. The smallest absolute Gasteiger partial charge is 0.419 e. The van der Waals surface area contributed by atoms with E-state index in [0.29, 0.717) is 11.0 Å². The molecule has 0 aliphatic heterocycles. The third-order valence-corrected chi connectivity index (χ3v) is 2.51. The van der Waals surface area contributed by atoms with Crippen LogP contribution in [-0.2, 0) is 4.74 Å². The number of carbonyl (C=O) groups is 2. The molecule has 0 fully saturated rings. The maximum atomic E-state index is 12.2. The molecule has 2 rings (SSSR count). The number of hydrogen-bond acceptors (Lipinski definition) is 4. The molecule has 0 saturated heterocycles. The van der Waals surface area contributed by atoms with E-state index in [0.717, 1.165) is 0 Å². The van der Waals surface area contributed by atoms with Crippen LogP contribution < -0.4 is 0 Å². The molecule has 0 bridgehead atoms. The van der Waals surface area contributed by atoms with Crippen molar-refractivity contribution in [2.24, 2.45) is 0 Å². The van der Waals surface area contributed by atoms with Gasteiger partial charge in [0.25, 0.3) is 0 Å². The van der Waals surface area contributed by atoms with Gasteiger partial charge in [-0.1, -0.05) is 0 Å². The average molecular weight is 260 g/mol. The highest BCUT2D eigenvalue weighted by Crippen LogP contribution is 2.20. The zero-order chi connectivity index (χ0) is 14.2. The van der Waals surface area contributed by atoms with Crippen molar-refractivity contribution in [3.63, 3.8) is 0 Å². The lowest BCUT2D eigenvalue weighted by atomic mass is 10.2. The fraction of sp³-hybridized carbons (Fsp3) is 0.357. The van der Waals surface area contributed by atoms with E-state index in [9.17, 15) is 9.59 Å². The van der Waals surface area contributed by atoms with Crippen LogP contribution in [0.15, 0.2) is 24.4 Å². The monoisotopic (exact) mass is 260 g/mol. The number of hydrogen-bond donors (Lipinski definition) is 0. The first-order valence-electron chi connectivity index (χ1n) is 6.00. The van der Waals surface area contributed by atoms with E-state index in [1.54, 1.807) is 45.2 Å². The molecule has 0 aliphatic rings. The second-order valence-electron chi connectivity index (χ2n) is 5.31. The molecule has 100 valence electrons. The Morgan fingerprint density at radius 1 is 1.32 bits per heavy atom. The Kier molecular flexibility index (Phi) is 3.14. The molecule has 0 radical (unpaired) electrons. The van der Waals surface area contributed by atoms with Gasteiger partial charge >= 0.3 is 6.09 Å². The molecular formula is C14H16N2O3. The number of Topliss-reactive ketones (excluding diaryl/α,β-unsaturated/α-hetero) is 1. The highest BCUT2D eigenvalue weighted by Gasteiger charge is 2.23. The molecule has 0 N–H and O–H groups in total. The molecule has 2 aromatic rings. The zero-order valence-corrected chi connectivity index (χ0v) is 11.4. The fourth-order valence-electron chi connectivity index (χ4n) is 1.80. The lowest BCUT2D eigenvalue weighted by Gasteiger charge is -2.20. The number of rotatable bonds is 1. The van der Waals surface area contributed by atoms with Crippen molar-refractivity contribution < 1.29 is 14.3 Å². The molecule has 0 saturated carbocycles. The first-order valence-corrected chi connectivity index (χ1v) is 6.00. The van der Waals surface area contributed by atoms with Gasteiger partial charge in [0.15, 0.2) is 5.78 Å². The highest BCUT2D eigenvalue weighted by molar-refractivity contribution is 6.02. The summed E-state index contributed by atoms with van der Waals surface area (Å²) in [6, 6.07) is 5.05. The Morgan fingerprint density at radius 3 is 2.58 bits per heavy atom. The number of ketones is 1. The topological polar surface area (TPSA) is 61.2 Å². The van der Waals surface area contributed by atoms with Crippen molar-refractivity contribution in [2.75, 3.05) is 0 Å². The van der Waals surface area contributed by atoms with Gasteiger partial charge in [0.05, 0.1) is 16.7 Å². The molecule has 0 atom stereocenters. The van der Waals surface area contributed by atoms with Crippen LogP contribution in [-0.4, -0.2) is 27.0 Å². The number of fused-ring (bicyclic) bond motifs is 1. The summed E-state index contributed by atoms with van der Waals surface area (Å²) in [5, 5.41) is 0. The summed E-state index contributed by atoms with van der Waals surface area (Å²) in [6.07, 6.45) is 1.05. The van der Waals surface area contributed by atoms with Gasteiger partial charge in [-0.05, 0) is 39.0 Å². The van der Waals surface area contributed by atoms with E-state index < -0.39 is 11.7 Å². The molecule has 19 heavy (non-hydrogen) atoms. The SMILES string of the molecule is CC(=O)c1cc2ncccc2n1C(=O)OC(C)(C)C. The molecule has 0 spiro atoms. The predicted octanol–water partition coefficient (Wildman–Crippen LogP) is 3.02. The van der Waals surface area contributed by atoms with Crippen LogP contribution in [0.4, 0.5) is 4.79 Å². The Hall–Kier alpha value is -2.17. The van der Waals surface area contributed by atoms with E-state index in [1.807, 2.05) is 0 Å². The van der Waals surface area contributed by atoms with E-state index in [1.165, 1.54) is 11.5 Å². The van der Waals surface area contributed by atoms with Crippen LogP contribution in [0.2, 0.25) is 0 Å². The maximum absolute atomic E-state index is 12.2. The Balaban J connectivity index is 2.60. The summed E-state index contributed by atoms with van der Waals surface area (Å²) >= 11 is 0. The summed E-state index contributed by atoms with van der Waals surface area (Å²) in [5.41, 5.74) is 0.827. The minimum Gasteiger partial charge on any atom is -0.443 e. The number of pyridine rings is 1. The second-order valence-corrected chi connectivity index (χ2v) is 5.31. The highest BCUT2D eigenvalue weighted by atomic mass is 16.6. The predicted molar refractivity (Wildman–Crippen MR) is 71.4 cm³/mol. The van der Waals surface area contributed by atoms with E-state index in [2.05, 4.69) is 4.98 Å². The first-order chi connectivity index (χ1) is 8.79. The summed E-state index contributed by atoms with van der Waals surface area (Å²) in [5.74, 6) is -0.205.